The summed E-state index contributed by atoms with van der Waals surface area (Å²) in [5.74, 6) is 0.0662. The number of aromatic nitrogens is 1. The third kappa shape index (κ3) is 3.27. The molecule has 0 saturated carbocycles. The number of carbonyl (C=O) groups is 1. The van der Waals surface area contributed by atoms with E-state index in [0.29, 0.717) is 25.6 Å². The molecule has 8 nitrogen and oxygen atoms in total. The molecule has 1 atom stereocenters. The van der Waals surface area contributed by atoms with Crippen LogP contribution in [0.5, 0.6) is 0 Å². The first kappa shape index (κ1) is 15.2. The lowest BCUT2D eigenvalue weighted by atomic mass is 10.1. The minimum atomic E-state index is -0.557. The molecule has 1 saturated heterocycles. The van der Waals surface area contributed by atoms with Crippen LogP contribution in [0.2, 0.25) is 0 Å². The summed E-state index contributed by atoms with van der Waals surface area (Å²) in [6.45, 7) is 3.55. The number of pyridine rings is 1. The molecule has 1 amide bonds. The lowest BCUT2D eigenvalue weighted by Gasteiger charge is -2.24. The summed E-state index contributed by atoms with van der Waals surface area (Å²) >= 11 is 0. The van der Waals surface area contributed by atoms with Crippen LogP contribution >= 0.6 is 0 Å². The van der Waals surface area contributed by atoms with Crippen molar-refractivity contribution in [1.29, 1.82) is 0 Å². The zero-order chi connectivity index (χ0) is 15.4. The largest absolute Gasteiger partial charge is 0.379 e. The van der Waals surface area contributed by atoms with Crippen molar-refractivity contribution in [3.8, 4) is 0 Å². The van der Waals surface area contributed by atoms with Gasteiger partial charge in [0.2, 0.25) is 0 Å². The zero-order valence-corrected chi connectivity index (χ0v) is 12.0. The van der Waals surface area contributed by atoms with Crippen molar-refractivity contribution in [3.63, 3.8) is 0 Å². The minimum Gasteiger partial charge on any atom is -0.379 e. The molecule has 8 heteroatoms. The van der Waals surface area contributed by atoms with Gasteiger partial charge >= 0.3 is 0 Å². The summed E-state index contributed by atoms with van der Waals surface area (Å²) in [6.07, 6.45) is 1.91. The van der Waals surface area contributed by atoms with Gasteiger partial charge in [-0.15, -0.1) is 0 Å². The fourth-order valence-electron chi connectivity index (χ4n) is 2.21. The van der Waals surface area contributed by atoms with Crippen LogP contribution in [-0.4, -0.2) is 53.6 Å². The monoisotopic (exact) mass is 294 g/mol. The predicted molar refractivity (Wildman–Crippen MR) is 76.4 cm³/mol. The van der Waals surface area contributed by atoms with Crippen molar-refractivity contribution >= 4 is 17.4 Å². The Kier molecular flexibility index (Phi) is 4.69. The Labute approximate surface area is 122 Å². The first-order valence-electron chi connectivity index (χ1n) is 6.77. The Hall–Kier alpha value is -2.22. The highest BCUT2D eigenvalue weighted by molar-refractivity contribution is 5.99. The average molecular weight is 294 g/mol. The summed E-state index contributed by atoms with van der Waals surface area (Å²) in [5.41, 5.74) is 0.0107. The van der Waals surface area contributed by atoms with Gasteiger partial charge in [-0.1, -0.05) is 0 Å². The molecule has 0 radical (unpaired) electrons. The van der Waals surface area contributed by atoms with E-state index in [-0.39, 0.29) is 23.2 Å². The highest BCUT2D eigenvalue weighted by Gasteiger charge is 2.28. The number of nitro groups is 1. The molecule has 0 aromatic carbocycles. The summed E-state index contributed by atoms with van der Waals surface area (Å²) < 4.78 is 5.27. The molecule has 1 aliphatic heterocycles. The number of carbonyl (C=O) groups excluding carboxylic acids is 1. The third-order valence-electron chi connectivity index (χ3n) is 3.43. The van der Waals surface area contributed by atoms with Crippen molar-refractivity contribution < 1.29 is 14.5 Å². The molecule has 0 spiro atoms. The van der Waals surface area contributed by atoms with E-state index in [0.717, 1.165) is 12.6 Å². The fourth-order valence-corrected chi connectivity index (χ4v) is 2.21. The summed E-state index contributed by atoms with van der Waals surface area (Å²) in [6, 6.07) is 1.26. The summed E-state index contributed by atoms with van der Waals surface area (Å²) in [5, 5.41) is 13.8. The maximum absolute atomic E-state index is 12.6. The van der Waals surface area contributed by atoms with Gasteiger partial charge in [0.05, 0.1) is 23.1 Å². The van der Waals surface area contributed by atoms with E-state index < -0.39 is 4.92 Å². The van der Waals surface area contributed by atoms with Gasteiger partial charge in [-0.2, -0.15) is 0 Å². The average Bonchev–Trinajstić information content (AvgIpc) is 3.00. The Morgan fingerprint density at radius 2 is 2.43 bits per heavy atom. The van der Waals surface area contributed by atoms with Crippen molar-refractivity contribution in [2.24, 2.45) is 0 Å². The first-order valence-corrected chi connectivity index (χ1v) is 6.77. The van der Waals surface area contributed by atoms with Crippen molar-refractivity contribution in [2.75, 3.05) is 32.1 Å². The van der Waals surface area contributed by atoms with Crippen molar-refractivity contribution in [2.45, 2.75) is 19.4 Å². The second-order valence-electron chi connectivity index (χ2n) is 4.81. The van der Waals surface area contributed by atoms with Crippen LogP contribution in [-0.2, 0) is 4.74 Å². The van der Waals surface area contributed by atoms with E-state index in [1.807, 2.05) is 6.92 Å². The van der Waals surface area contributed by atoms with Crippen LogP contribution in [0.15, 0.2) is 12.3 Å². The van der Waals surface area contributed by atoms with Gasteiger partial charge in [0.15, 0.2) is 0 Å². The zero-order valence-electron chi connectivity index (χ0n) is 12.0. The minimum absolute atomic E-state index is 0.00811. The molecule has 0 aliphatic carbocycles. The van der Waals surface area contributed by atoms with Crippen LogP contribution in [0.1, 0.15) is 23.7 Å². The molecule has 0 bridgehead atoms. The van der Waals surface area contributed by atoms with E-state index >= 15 is 0 Å². The molecule has 2 heterocycles. The number of anilines is 1. The molecule has 1 aromatic heterocycles. The molecule has 1 aromatic rings. The lowest BCUT2D eigenvalue weighted by molar-refractivity contribution is -0.385. The first-order chi connectivity index (χ1) is 10.0. The maximum Gasteiger partial charge on any atom is 0.288 e. The van der Waals surface area contributed by atoms with Gasteiger partial charge < -0.3 is 15.0 Å². The number of nitrogens with zero attached hydrogens (tertiary/aromatic N) is 3. The molecule has 2 rings (SSSR count). The summed E-state index contributed by atoms with van der Waals surface area (Å²) in [4.78, 5) is 28.4. The van der Waals surface area contributed by atoms with Crippen LogP contribution in [0.4, 0.5) is 11.5 Å². The second-order valence-corrected chi connectivity index (χ2v) is 4.81. The highest BCUT2D eigenvalue weighted by atomic mass is 16.6. The van der Waals surface area contributed by atoms with Crippen molar-refractivity contribution in [3.05, 3.63) is 27.9 Å². The number of amides is 1. The van der Waals surface area contributed by atoms with Gasteiger partial charge in [-0.3, -0.25) is 14.9 Å². The fraction of sp³-hybridized carbons (Fsp3) is 0.538. The number of hydrogen-bond donors (Lipinski definition) is 1. The van der Waals surface area contributed by atoms with Gasteiger partial charge in [-0.25, -0.2) is 4.98 Å². The Balaban J connectivity index is 2.31. The van der Waals surface area contributed by atoms with E-state index in [4.69, 9.17) is 4.74 Å². The Bertz CT molecular complexity index is 543. The Morgan fingerprint density at radius 3 is 3.00 bits per heavy atom. The van der Waals surface area contributed by atoms with Gasteiger partial charge in [0.1, 0.15) is 12.0 Å². The van der Waals surface area contributed by atoms with Crippen LogP contribution in [0.25, 0.3) is 0 Å². The van der Waals surface area contributed by atoms with Crippen LogP contribution in [0, 0.1) is 10.1 Å². The number of hydrogen-bond acceptors (Lipinski definition) is 6. The number of rotatable bonds is 5. The van der Waals surface area contributed by atoms with E-state index in [9.17, 15) is 14.9 Å². The second kappa shape index (κ2) is 6.49. The topological polar surface area (TPSA) is 97.6 Å². The SMILES string of the molecule is CCNc1ncc([N+](=O)[O-])cc1C(=O)N(C)C1CCOC1. The Morgan fingerprint density at radius 1 is 1.67 bits per heavy atom. The molecule has 1 N–H and O–H groups in total. The highest BCUT2D eigenvalue weighted by Crippen LogP contribution is 2.22. The molecule has 1 aliphatic rings. The predicted octanol–water partition coefficient (Wildman–Crippen LogP) is 1.28. The van der Waals surface area contributed by atoms with E-state index in [1.165, 1.54) is 6.07 Å². The van der Waals surface area contributed by atoms with Gasteiger partial charge in [0.25, 0.3) is 11.6 Å². The van der Waals surface area contributed by atoms with Crippen LogP contribution in [0.3, 0.4) is 0 Å². The number of nitrogens with one attached hydrogen (secondary N) is 1. The van der Waals surface area contributed by atoms with Crippen LogP contribution < -0.4 is 5.32 Å². The maximum atomic E-state index is 12.6. The van der Waals surface area contributed by atoms with Crippen molar-refractivity contribution in [1.82, 2.24) is 9.88 Å². The lowest BCUT2D eigenvalue weighted by Crippen LogP contribution is -2.37. The molecule has 21 heavy (non-hydrogen) atoms. The number of ether oxygens (including phenoxy) is 1. The quantitative estimate of drug-likeness (QED) is 0.649. The van der Waals surface area contributed by atoms with E-state index in [1.54, 1.807) is 11.9 Å². The standard InChI is InChI=1S/C13H18N4O4/c1-3-14-12-11(6-10(7-15-12)17(19)20)13(18)16(2)9-4-5-21-8-9/h6-7,9H,3-5,8H2,1-2H3,(H,14,15). The van der Waals surface area contributed by atoms with Gasteiger partial charge in [0, 0.05) is 26.3 Å². The van der Waals surface area contributed by atoms with Gasteiger partial charge in [-0.05, 0) is 13.3 Å². The van der Waals surface area contributed by atoms with E-state index in [2.05, 4.69) is 10.3 Å². The third-order valence-corrected chi connectivity index (χ3v) is 3.43. The normalized spacial score (nSPS) is 17.5. The smallest absolute Gasteiger partial charge is 0.288 e. The molecule has 1 fully saturated rings. The molecule has 114 valence electrons. The number of likely N-dealkylation sites (N-methyl/N-ethyl adjacent to an activating group) is 1. The molecular weight excluding hydrogens is 276 g/mol. The summed E-state index contributed by atoms with van der Waals surface area (Å²) in [7, 11) is 1.68. The molecule has 1 unspecified atom stereocenters. The molecular formula is C13H18N4O4.